The number of carbonyl (C=O) groups is 1. The Morgan fingerprint density at radius 1 is 1.31 bits per heavy atom. The standard InChI is InChI=1S/C17H22N4O3S2/c1-2-11-26(23,24)21-10-6-9-14(21)16(22)18-17-20-19-15(25-17)12-13-7-4-3-5-8-13/h3-5,7-8,14H,2,6,9-12H2,1H3,(H,18,20,22)/t14-/m1/s1. The van der Waals surface area contributed by atoms with Crippen LogP contribution in [0.15, 0.2) is 30.3 Å². The summed E-state index contributed by atoms with van der Waals surface area (Å²) in [7, 11) is -3.39. The Kier molecular flexibility index (Phi) is 6.00. The molecule has 1 aromatic carbocycles. The molecule has 3 rings (SSSR count). The first-order valence-corrected chi connectivity index (χ1v) is 11.1. The molecule has 1 fully saturated rings. The molecule has 0 spiro atoms. The van der Waals surface area contributed by atoms with Crippen LogP contribution in [0.25, 0.3) is 0 Å². The Balaban J connectivity index is 1.64. The van der Waals surface area contributed by atoms with Gasteiger partial charge in [0.2, 0.25) is 21.1 Å². The monoisotopic (exact) mass is 394 g/mol. The molecule has 0 bridgehead atoms. The van der Waals surface area contributed by atoms with Gasteiger partial charge in [-0.2, -0.15) is 4.31 Å². The second-order valence-corrected chi connectivity index (χ2v) is 9.34. The van der Waals surface area contributed by atoms with Crippen LogP contribution in [0.5, 0.6) is 0 Å². The third kappa shape index (κ3) is 4.46. The van der Waals surface area contributed by atoms with Crippen molar-refractivity contribution in [2.45, 2.75) is 38.6 Å². The molecule has 9 heteroatoms. The number of hydrogen-bond acceptors (Lipinski definition) is 6. The zero-order chi connectivity index (χ0) is 18.6. The highest BCUT2D eigenvalue weighted by molar-refractivity contribution is 7.89. The lowest BCUT2D eigenvalue weighted by Gasteiger charge is -2.22. The van der Waals surface area contributed by atoms with Crippen molar-refractivity contribution in [1.82, 2.24) is 14.5 Å². The molecule has 1 N–H and O–H groups in total. The fourth-order valence-corrected chi connectivity index (χ4v) is 5.57. The van der Waals surface area contributed by atoms with Crippen molar-refractivity contribution in [3.63, 3.8) is 0 Å². The van der Waals surface area contributed by atoms with Crippen LogP contribution >= 0.6 is 11.3 Å². The summed E-state index contributed by atoms with van der Waals surface area (Å²) < 4.78 is 26.0. The predicted molar refractivity (Wildman–Crippen MR) is 102 cm³/mol. The molecule has 26 heavy (non-hydrogen) atoms. The molecule has 0 unspecified atom stereocenters. The van der Waals surface area contributed by atoms with E-state index in [9.17, 15) is 13.2 Å². The summed E-state index contributed by atoms with van der Waals surface area (Å²) in [5.41, 5.74) is 1.12. The average molecular weight is 395 g/mol. The van der Waals surface area contributed by atoms with Crippen LogP contribution in [0.4, 0.5) is 5.13 Å². The van der Waals surface area contributed by atoms with E-state index in [0.717, 1.165) is 10.6 Å². The number of aromatic nitrogens is 2. The SMILES string of the molecule is CCCS(=O)(=O)N1CCC[C@@H]1C(=O)Nc1nnc(Cc2ccccc2)s1. The number of hydrogen-bond donors (Lipinski definition) is 1. The number of anilines is 1. The second kappa shape index (κ2) is 8.24. The van der Waals surface area contributed by atoms with E-state index in [4.69, 9.17) is 0 Å². The molecule has 2 heterocycles. The quantitative estimate of drug-likeness (QED) is 0.778. The predicted octanol–water partition coefficient (Wildman–Crippen LogP) is 2.27. The fraction of sp³-hybridized carbons (Fsp3) is 0.471. The molecule has 1 saturated heterocycles. The van der Waals surface area contributed by atoms with Gasteiger partial charge in [-0.25, -0.2) is 8.42 Å². The topological polar surface area (TPSA) is 92.3 Å². The van der Waals surface area contributed by atoms with Gasteiger partial charge in [0.05, 0.1) is 5.75 Å². The van der Waals surface area contributed by atoms with E-state index in [0.29, 0.717) is 37.4 Å². The number of benzene rings is 1. The second-order valence-electron chi connectivity index (χ2n) is 6.24. The molecule has 1 aliphatic rings. The van der Waals surface area contributed by atoms with Crippen LogP contribution in [0, 0.1) is 0 Å². The maximum absolute atomic E-state index is 12.6. The molecule has 1 aromatic heterocycles. The zero-order valence-electron chi connectivity index (χ0n) is 14.6. The molecule has 1 atom stereocenters. The van der Waals surface area contributed by atoms with Crippen LogP contribution in [0.2, 0.25) is 0 Å². The Bertz CT molecular complexity index is 852. The zero-order valence-corrected chi connectivity index (χ0v) is 16.2. The van der Waals surface area contributed by atoms with Crippen molar-refractivity contribution in [2.24, 2.45) is 0 Å². The van der Waals surface area contributed by atoms with Crippen molar-refractivity contribution in [1.29, 1.82) is 0 Å². The minimum absolute atomic E-state index is 0.0663. The highest BCUT2D eigenvalue weighted by Crippen LogP contribution is 2.24. The lowest BCUT2D eigenvalue weighted by molar-refractivity contribution is -0.119. The first-order valence-electron chi connectivity index (χ1n) is 8.66. The van der Waals surface area contributed by atoms with Crippen molar-refractivity contribution in [3.8, 4) is 0 Å². The number of nitrogens with zero attached hydrogens (tertiary/aromatic N) is 3. The normalized spacial score (nSPS) is 18.1. The van der Waals surface area contributed by atoms with Gasteiger partial charge >= 0.3 is 0 Å². The van der Waals surface area contributed by atoms with Gasteiger partial charge in [0.15, 0.2) is 0 Å². The number of amides is 1. The van der Waals surface area contributed by atoms with Gasteiger partial charge in [0, 0.05) is 13.0 Å². The van der Waals surface area contributed by atoms with E-state index in [1.165, 1.54) is 15.6 Å². The highest BCUT2D eigenvalue weighted by atomic mass is 32.2. The van der Waals surface area contributed by atoms with Crippen molar-refractivity contribution in [3.05, 3.63) is 40.9 Å². The van der Waals surface area contributed by atoms with E-state index < -0.39 is 16.1 Å². The average Bonchev–Trinajstić information content (AvgIpc) is 3.25. The van der Waals surface area contributed by atoms with E-state index in [1.807, 2.05) is 37.3 Å². The minimum Gasteiger partial charge on any atom is -0.299 e. The highest BCUT2D eigenvalue weighted by Gasteiger charge is 2.38. The van der Waals surface area contributed by atoms with Gasteiger partial charge < -0.3 is 0 Å². The van der Waals surface area contributed by atoms with E-state index in [2.05, 4.69) is 15.5 Å². The number of sulfonamides is 1. The van der Waals surface area contributed by atoms with Crippen LogP contribution in [-0.4, -0.2) is 47.2 Å². The molecule has 0 saturated carbocycles. The summed E-state index contributed by atoms with van der Waals surface area (Å²) in [5, 5.41) is 12.1. The van der Waals surface area contributed by atoms with Crippen LogP contribution in [0.1, 0.15) is 36.8 Å². The van der Waals surface area contributed by atoms with Gasteiger partial charge in [-0.3, -0.25) is 10.1 Å². The lowest BCUT2D eigenvalue weighted by Crippen LogP contribution is -2.44. The summed E-state index contributed by atoms with van der Waals surface area (Å²) in [6.45, 7) is 2.22. The fourth-order valence-electron chi connectivity index (χ4n) is 3.05. The Morgan fingerprint density at radius 2 is 2.08 bits per heavy atom. The lowest BCUT2D eigenvalue weighted by atomic mass is 10.2. The van der Waals surface area contributed by atoms with E-state index >= 15 is 0 Å². The summed E-state index contributed by atoms with van der Waals surface area (Å²) in [4.78, 5) is 12.6. The van der Waals surface area contributed by atoms with Gasteiger partial charge in [0.1, 0.15) is 11.0 Å². The molecule has 7 nitrogen and oxygen atoms in total. The summed E-state index contributed by atoms with van der Waals surface area (Å²) in [6.07, 6.45) is 2.40. The Morgan fingerprint density at radius 3 is 2.81 bits per heavy atom. The summed E-state index contributed by atoms with van der Waals surface area (Å²) in [5.74, 6) is -0.263. The number of rotatable bonds is 7. The molecular weight excluding hydrogens is 372 g/mol. The maximum Gasteiger partial charge on any atom is 0.244 e. The van der Waals surface area contributed by atoms with Crippen molar-refractivity contribution >= 4 is 32.4 Å². The number of nitrogens with one attached hydrogen (secondary N) is 1. The first kappa shape index (κ1) is 18.9. The van der Waals surface area contributed by atoms with Crippen LogP contribution < -0.4 is 5.32 Å². The summed E-state index contributed by atoms with van der Waals surface area (Å²) in [6, 6.07) is 9.24. The molecule has 0 radical (unpaired) electrons. The molecular formula is C17H22N4O3S2. The smallest absolute Gasteiger partial charge is 0.244 e. The molecule has 1 aliphatic heterocycles. The van der Waals surface area contributed by atoms with Gasteiger partial charge in [0.25, 0.3) is 0 Å². The van der Waals surface area contributed by atoms with Gasteiger partial charge in [-0.15, -0.1) is 10.2 Å². The van der Waals surface area contributed by atoms with Crippen molar-refractivity contribution in [2.75, 3.05) is 17.6 Å². The van der Waals surface area contributed by atoms with Crippen LogP contribution in [-0.2, 0) is 21.2 Å². The van der Waals surface area contributed by atoms with E-state index in [1.54, 1.807) is 0 Å². The molecule has 2 aromatic rings. The van der Waals surface area contributed by atoms with Crippen LogP contribution in [0.3, 0.4) is 0 Å². The minimum atomic E-state index is -3.39. The molecule has 1 amide bonds. The Labute approximate surface area is 157 Å². The van der Waals surface area contributed by atoms with Gasteiger partial charge in [-0.1, -0.05) is 48.6 Å². The first-order chi connectivity index (χ1) is 12.5. The van der Waals surface area contributed by atoms with E-state index in [-0.39, 0.29) is 11.7 Å². The molecule has 0 aliphatic carbocycles. The molecule has 140 valence electrons. The Hall–Kier alpha value is -1.84. The largest absolute Gasteiger partial charge is 0.299 e. The third-order valence-corrected chi connectivity index (χ3v) is 7.14. The van der Waals surface area contributed by atoms with Gasteiger partial charge in [-0.05, 0) is 24.8 Å². The van der Waals surface area contributed by atoms with Crippen molar-refractivity contribution < 1.29 is 13.2 Å². The number of carbonyl (C=O) groups excluding carboxylic acids is 1. The maximum atomic E-state index is 12.6. The third-order valence-electron chi connectivity index (χ3n) is 4.22. The summed E-state index contributed by atoms with van der Waals surface area (Å²) >= 11 is 1.31.